The van der Waals surface area contributed by atoms with E-state index < -0.39 is 11.9 Å². The molecule has 0 radical (unpaired) electrons. The molecule has 1 aliphatic rings. The number of hydrogen-bond acceptors (Lipinski definition) is 6. The molecule has 37 heavy (non-hydrogen) atoms. The molecule has 0 saturated heterocycles. The van der Waals surface area contributed by atoms with Crippen LogP contribution in [0.2, 0.25) is 5.02 Å². The summed E-state index contributed by atoms with van der Waals surface area (Å²) in [5, 5.41) is 0.707. The van der Waals surface area contributed by atoms with E-state index in [9.17, 15) is 9.59 Å². The molecule has 190 valence electrons. The first kappa shape index (κ1) is 24.7. The second-order valence-electron chi connectivity index (χ2n) is 9.21. The monoisotopic (exact) mass is 519 g/mol. The van der Waals surface area contributed by atoms with Gasteiger partial charge in [0.05, 0.1) is 37.8 Å². The molecule has 1 aromatic heterocycles. The Kier molecular flexibility index (Phi) is 6.56. The van der Waals surface area contributed by atoms with Gasteiger partial charge in [-0.05, 0) is 53.9 Å². The summed E-state index contributed by atoms with van der Waals surface area (Å²) in [5.74, 6) is 1.55. The lowest BCUT2D eigenvalue weighted by molar-refractivity contribution is 0.0971. The number of benzene rings is 3. The third-order valence-corrected chi connectivity index (χ3v) is 6.47. The quantitative estimate of drug-likeness (QED) is 0.287. The van der Waals surface area contributed by atoms with Crippen LogP contribution in [0, 0.1) is 5.92 Å². The van der Waals surface area contributed by atoms with Gasteiger partial charge in [0, 0.05) is 16.8 Å². The van der Waals surface area contributed by atoms with E-state index in [-0.39, 0.29) is 16.8 Å². The third-order valence-electron chi connectivity index (χ3n) is 6.24. The van der Waals surface area contributed by atoms with Crippen molar-refractivity contribution in [1.82, 2.24) is 0 Å². The Morgan fingerprint density at radius 2 is 1.78 bits per heavy atom. The van der Waals surface area contributed by atoms with Crippen molar-refractivity contribution in [2.45, 2.75) is 19.9 Å². The minimum atomic E-state index is -0.776. The Bertz CT molecular complexity index is 1560. The van der Waals surface area contributed by atoms with E-state index in [1.165, 1.54) is 0 Å². The predicted octanol–water partition coefficient (Wildman–Crippen LogP) is 6.25. The van der Waals surface area contributed by atoms with Gasteiger partial charge in [0.1, 0.15) is 11.3 Å². The van der Waals surface area contributed by atoms with Crippen molar-refractivity contribution in [2.75, 3.05) is 25.7 Å². The molecule has 1 unspecified atom stereocenters. The van der Waals surface area contributed by atoms with Crippen LogP contribution in [-0.2, 0) is 0 Å². The molecule has 2 heterocycles. The summed E-state index contributed by atoms with van der Waals surface area (Å²) in [4.78, 5) is 29.2. The number of fused-ring (bicyclic) bond motifs is 2. The molecular formula is C29H26ClNO6. The molecule has 5 rings (SSSR count). The van der Waals surface area contributed by atoms with Crippen LogP contribution in [0.1, 0.15) is 41.6 Å². The Morgan fingerprint density at radius 1 is 0.973 bits per heavy atom. The largest absolute Gasteiger partial charge is 0.497 e. The first-order chi connectivity index (χ1) is 17.8. The molecule has 0 spiro atoms. The van der Waals surface area contributed by atoms with Crippen molar-refractivity contribution >= 4 is 34.2 Å². The van der Waals surface area contributed by atoms with Gasteiger partial charge in [-0.3, -0.25) is 14.5 Å². The summed E-state index contributed by atoms with van der Waals surface area (Å²) >= 11 is 6.19. The molecule has 0 N–H and O–H groups in total. The molecule has 3 aromatic carbocycles. The third kappa shape index (κ3) is 4.40. The maximum Gasteiger partial charge on any atom is 0.295 e. The number of halogens is 1. The van der Waals surface area contributed by atoms with E-state index in [1.54, 1.807) is 73.7 Å². The van der Waals surface area contributed by atoms with Crippen molar-refractivity contribution in [2.24, 2.45) is 5.92 Å². The topological polar surface area (TPSA) is 78.2 Å². The van der Waals surface area contributed by atoms with Gasteiger partial charge in [-0.2, -0.15) is 0 Å². The number of carbonyl (C=O) groups excluding carboxylic acids is 1. The van der Waals surface area contributed by atoms with Crippen molar-refractivity contribution < 1.29 is 23.4 Å². The molecule has 1 atom stereocenters. The summed E-state index contributed by atoms with van der Waals surface area (Å²) in [6.45, 7) is 4.64. The Morgan fingerprint density at radius 3 is 2.51 bits per heavy atom. The van der Waals surface area contributed by atoms with E-state index >= 15 is 0 Å². The van der Waals surface area contributed by atoms with E-state index in [0.29, 0.717) is 57.0 Å². The zero-order valence-electron chi connectivity index (χ0n) is 20.9. The molecule has 8 heteroatoms. The first-order valence-electron chi connectivity index (χ1n) is 11.9. The van der Waals surface area contributed by atoms with Gasteiger partial charge in [-0.15, -0.1) is 0 Å². The number of methoxy groups -OCH3 is 2. The molecular weight excluding hydrogens is 494 g/mol. The maximum atomic E-state index is 13.8. The summed E-state index contributed by atoms with van der Waals surface area (Å²) in [7, 11) is 3.11. The van der Waals surface area contributed by atoms with E-state index in [4.69, 9.17) is 30.2 Å². The summed E-state index contributed by atoms with van der Waals surface area (Å²) in [5.41, 5.74) is 1.43. The zero-order chi connectivity index (χ0) is 26.3. The van der Waals surface area contributed by atoms with Gasteiger partial charge in [0.15, 0.2) is 16.9 Å². The highest BCUT2D eigenvalue weighted by Crippen LogP contribution is 2.44. The lowest BCUT2D eigenvalue weighted by atomic mass is 9.97. The van der Waals surface area contributed by atoms with E-state index in [0.717, 1.165) is 0 Å². The van der Waals surface area contributed by atoms with Crippen LogP contribution in [0.3, 0.4) is 0 Å². The van der Waals surface area contributed by atoms with Crippen molar-refractivity contribution in [3.8, 4) is 17.2 Å². The average molecular weight is 520 g/mol. The highest BCUT2D eigenvalue weighted by atomic mass is 35.5. The molecule has 1 amide bonds. The number of ether oxygens (including phenoxy) is 3. The lowest BCUT2D eigenvalue weighted by Gasteiger charge is -2.26. The Hall–Kier alpha value is -3.97. The van der Waals surface area contributed by atoms with Gasteiger partial charge >= 0.3 is 0 Å². The molecule has 0 aliphatic carbocycles. The van der Waals surface area contributed by atoms with Crippen LogP contribution in [0.4, 0.5) is 5.69 Å². The summed E-state index contributed by atoms with van der Waals surface area (Å²) < 4.78 is 22.9. The van der Waals surface area contributed by atoms with Crippen molar-refractivity contribution in [3.63, 3.8) is 0 Å². The van der Waals surface area contributed by atoms with Gasteiger partial charge in [-0.1, -0.05) is 37.6 Å². The average Bonchev–Trinajstić information content (AvgIpc) is 3.20. The number of nitrogens with zero attached hydrogens (tertiary/aromatic N) is 1. The smallest absolute Gasteiger partial charge is 0.295 e. The minimum Gasteiger partial charge on any atom is -0.497 e. The SMILES string of the molecule is COc1cccc(N2C(=O)c3oc4ccc(Cl)cc4c(=O)c3C2c2ccc(OCC(C)C)c(OC)c2)c1. The second-order valence-corrected chi connectivity index (χ2v) is 9.65. The van der Waals surface area contributed by atoms with Crippen LogP contribution in [-0.4, -0.2) is 26.7 Å². The Labute approximate surface area is 219 Å². The second kappa shape index (κ2) is 9.82. The standard InChI is InChI=1S/C29H26ClNO6/c1-16(2)15-36-23-10-8-17(12-24(23)35-4)26-25-27(32)21-13-18(30)9-11-22(21)37-28(25)29(33)31(26)19-6-5-7-20(14-19)34-3/h5-14,16,26H,15H2,1-4H3. The normalized spacial score (nSPS) is 14.8. The minimum absolute atomic E-state index is 0.00764. The van der Waals surface area contributed by atoms with Crippen LogP contribution in [0.15, 0.2) is 69.9 Å². The fraction of sp³-hybridized carbons (Fsp3) is 0.241. The number of carbonyl (C=O) groups is 1. The van der Waals surface area contributed by atoms with Crippen molar-refractivity contribution in [3.05, 3.63) is 92.8 Å². The van der Waals surface area contributed by atoms with Crippen LogP contribution < -0.4 is 24.5 Å². The number of hydrogen-bond donors (Lipinski definition) is 0. The first-order valence-corrected chi connectivity index (χ1v) is 12.2. The molecule has 7 nitrogen and oxygen atoms in total. The summed E-state index contributed by atoms with van der Waals surface area (Å²) in [6, 6.07) is 16.5. The molecule has 1 aliphatic heterocycles. The van der Waals surface area contributed by atoms with Gasteiger partial charge in [0.2, 0.25) is 5.76 Å². The van der Waals surface area contributed by atoms with Gasteiger partial charge in [0.25, 0.3) is 5.91 Å². The molecule has 4 aromatic rings. The maximum absolute atomic E-state index is 13.8. The van der Waals surface area contributed by atoms with Crippen LogP contribution in [0.25, 0.3) is 11.0 Å². The molecule has 0 fully saturated rings. The van der Waals surface area contributed by atoms with Crippen molar-refractivity contribution in [1.29, 1.82) is 0 Å². The van der Waals surface area contributed by atoms with Crippen LogP contribution in [0.5, 0.6) is 17.2 Å². The lowest BCUT2D eigenvalue weighted by Crippen LogP contribution is -2.29. The fourth-order valence-electron chi connectivity index (χ4n) is 4.52. The highest BCUT2D eigenvalue weighted by molar-refractivity contribution is 6.31. The highest BCUT2D eigenvalue weighted by Gasteiger charge is 2.44. The fourth-order valence-corrected chi connectivity index (χ4v) is 4.69. The Balaban J connectivity index is 1.74. The number of amides is 1. The van der Waals surface area contributed by atoms with Gasteiger partial charge in [-0.25, -0.2) is 0 Å². The molecule has 0 saturated carbocycles. The van der Waals surface area contributed by atoms with Crippen LogP contribution >= 0.6 is 11.6 Å². The predicted molar refractivity (Wildman–Crippen MR) is 142 cm³/mol. The van der Waals surface area contributed by atoms with Gasteiger partial charge < -0.3 is 18.6 Å². The van der Waals surface area contributed by atoms with E-state index in [1.807, 2.05) is 6.07 Å². The zero-order valence-corrected chi connectivity index (χ0v) is 21.7. The van der Waals surface area contributed by atoms with E-state index in [2.05, 4.69) is 13.8 Å². The number of anilines is 1. The number of rotatable bonds is 7. The molecule has 0 bridgehead atoms. The summed E-state index contributed by atoms with van der Waals surface area (Å²) in [6.07, 6.45) is 0.